The van der Waals surface area contributed by atoms with E-state index in [9.17, 15) is 9.18 Å². The summed E-state index contributed by atoms with van der Waals surface area (Å²) in [5, 5.41) is 2.84. The highest BCUT2D eigenvalue weighted by molar-refractivity contribution is 6.30. The second-order valence-electron chi connectivity index (χ2n) is 6.21. The molecule has 0 aliphatic rings. The Morgan fingerprint density at radius 1 is 1.22 bits per heavy atom. The van der Waals surface area contributed by atoms with Gasteiger partial charge in [-0.25, -0.2) is 9.37 Å². The third kappa shape index (κ3) is 4.95. The fraction of sp³-hybridized carbons (Fsp3) is 0.238. The number of nitrogens with one attached hydrogen (secondary N) is 1. The number of amides is 1. The number of aryl methyl sites for hydroxylation is 1. The molecular weight excluding hydrogens is 367 g/mol. The summed E-state index contributed by atoms with van der Waals surface area (Å²) < 4.78 is 19.1. The van der Waals surface area contributed by atoms with E-state index >= 15 is 0 Å². The predicted molar refractivity (Wildman–Crippen MR) is 103 cm³/mol. The first-order valence-corrected chi connectivity index (χ1v) is 9.19. The number of carbonyl (C=O) groups excluding carboxylic acids is 1. The fourth-order valence-corrected chi connectivity index (χ4v) is 2.92. The van der Waals surface area contributed by atoms with E-state index in [1.807, 2.05) is 30.3 Å². The molecule has 1 N–H and O–H groups in total. The maximum atomic E-state index is 13.2. The van der Waals surface area contributed by atoms with Crippen molar-refractivity contribution in [2.45, 2.75) is 32.7 Å². The first kappa shape index (κ1) is 19.1. The molecule has 2 aromatic carbocycles. The molecule has 4 nitrogen and oxygen atoms in total. The quantitative estimate of drug-likeness (QED) is 0.625. The molecule has 0 saturated carbocycles. The Balaban J connectivity index is 1.69. The number of nitrogens with zero attached hydrogens (tertiary/aromatic N) is 1. The van der Waals surface area contributed by atoms with Gasteiger partial charge in [0, 0.05) is 12.1 Å². The molecule has 0 atom stereocenters. The smallest absolute Gasteiger partial charge is 0.227 e. The van der Waals surface area contributed by atoms with E-state index in [4.69, 9.17) is 16.0 Å². The molecule has 0 aliphatic heterocycles. The molecule has 0 radical (unpaired) electrons. The molecule has 0 bridgehead atoms. The second kappa shape index (κ2) is 8.82. The number of benzene rings is 2. The minimum Gasteiger partial charge on any atom is -0.440 e. The van der Waals surface area contributed by atoms with E-state index in [2.05, 4.69) is 17.2 Å². The SMILES string of the molecule is CCCc1nc(-c2ccccc2)oc1CC(=O)NCc1ccc(F)c(Cl)c1. The zero-order valence-electron chi connectivity index (χ0n) is 15.0. The molecule has 1 amide bonds. The highest BCUT2D eigenvalue weighted by atomic mass is 35.5. The molecule has 3 rings (SSSR count). The standard InChI is InChI=1S/C21H20ClFN2O2/c1-2-6-18-19(27-21(25-18)15-7-4-3-5-8-15)12-20(26)24-13-14-9-10-17(23)16(22)11-14/h3-5,7-11H,2,6,12-13H2,1H3,(H,24,26). The Morgan fingerprint density at radius 3 is 2.70 bits per heavy atom. The van der Waals surface area contributed by atoms with Crippen molar-refractivity contribution in [3.63, 3.8) is 0 Å². The predicted octanol–water partition coefficient (Wildman–Crippen LogP) is 4.95. The van der Waals surface area contributed by atoms with Crippen molar-refractivity contribution in [1.29, 1.82) is 0 Å². The van der Waals surface area contributed by atoms with Gasteiger partial charge in [0.25, 0.3) is 0 Å². The molecule has 140 valence electrons. The minimum atomic E-state index is -0.481. The Kier molecular flexibility index (Phi) is 6.24. The minimum absolute atomic E-state index is 0.0368. The van der Waals surface area contributed by atoms with Gasteiger partial charge in [-0.15, -0.1) is 0 Å². The molecule has 0 spiro atoms. The monoisotopic (exact) mass is 386 g/mol. The van der Waals surface area contributed by atoms with Gasteiger partial charge in [0.05, 0.1) is 17.1 Å². The van der Waals surface area contributed by atoms with E-state index in [0.717, 1.165) is 29.7 Å². The molecule has 0 fully saturated rings. The fourth-order valence-electron chi connectivity index (χ4n) is 2.72. The summed E-state index contributed by atoms with van der Waals surface area (Å²) in [6.45, 7) is 2.32. The van der Waals surface area contributed by atoms with Gasteiger partial charge in [-0.2, -0.15) is 0 Å². The van der Waals surface area contributed by atoms with Gasteiger partial charge in [-0.05, 0) is 36.2 Å². The van der Waals surface area contributed by atoms with Crippen LogP contribution in [0.1, 0.15) is 30.4 Å². The van der Waals surface area contributed by atoms with Crippen molar-refractivity contribution in [2.75, 3.05) is 0 Å². The van der Waals surface area contributed by atoms with Gasteiger partial charge in [-0.1, -0.05) is 49.2 Å². The summed E-state index contributed by atoms with van der Waals surface area (Å²) in [5.74, 6) is 0.423. The first-order chi connectivity index (χ1) is 13.1. The third-order valence-corrected chi connectivity index (χ3v) is 4.37. The zero-order valence-corrected chi connectivity index (χ0v) is 15.7. The zero-order chi connectivity index (χ0) is 19.2. The van der Waals surface area contributed by atoms with Crippen molar-refractivity contribution >= 4 is 17.5 Å². The van der Waals surface area contributed by atoms with Gasteiger partial charge in [-0.3, -0.25) is 4.79 Å². The largest absolute Gasteiger partial charge is 0.440 e. The van der Waals surface area contributed by atoms with Crippen LogP contribution < -0.4 is 5.32 Å². The number of oxazole rings is 1. The van der Waals surface area contributed by atoms with Crippen LogP contribution in [0.5, 0.6) is 0 Å². The van der Waals surface area contributed by atoms with Crippen LogP contribution in [0.15, 0.2) is 52.9 Å². The van der Waals surface area contributed by atoms with E-state index in [-0.39, 0.29) is 23.9 Å². The van der Waals surface area contributed by atoms with Crippen molar-refractivity contribution in [3.8, 4) is 11.5 Å². The number of carbonyl (C=O) groups is 1. The summed E-state index contributed by atoms with van der Waals surface area (Å²) >= 11 is 5.76. The van der Waals surface area contributed by atoms with E-state index in [0.29, 0.717) is 11.7 Å². The summed E-state index contributed by atoms with van der Waals surface area (Å²) in [4.78, 5) is 16.9. The van der Waals surface area contributed by atoms with Crippen LogP contribution in [0.25, 0.3) is 11.5 Å². The highest BCUT2D eigenvalue weighted by Gasteiger charge is 2.17. The molecule has 3 aromatic rings. The Bertz CT molecular complexity index is 925. The van der Waals surface area contributed by atoms with Crippen LogP contribution in [0, 0.1) is 5.82 Å². The average molecular weight is 387 g/mol. The lowest BCUT2D eigenvalue weighted by atomic mass is 10.1. The van der Waals surface area contributed by atoms with Gasteiger partial charge in [0.2, 0.25) is 11.8 Å². The Hall–Kier alpha value is -2.66. The number of hydrogen-bond donors (Lipinski definition) is 1. The molecule has 27 heavy (non-hydrogen) atoms. The molecule has 0 unspecified atom stereocenters. The van der Waals surface area contributed by atoms with E-state index < -0.39 is 5.82 Å². The lowest BCUT2D eigenvalue weighted by Crippen LogP contribution is -2.24. The van der Waals surface area contributed by atoms with Crippen molar-refractivity contribution in [2.24, 2.45) is 0 Å². The Morgan fingerprint density at radius 2 is 2.00 bits per heavy atom. The van der Waals surface area contributed by atoms with Gasteiger partial charge >= 0.3 is 0 Å². The van der Waals surface area contributed by atoms with Crippen molar-refractivity contribution < 1.29 is 13.6 Å². The van der Waals surface area contributed by atoms with Gasteiger partial charge in [0.1, 0.15) is 11.6 Å². The van der Waals surface area contributed by atoms with Crippen LogP contribution in [0.4, 0.5) is 4.39 Å². The molecule has 1 heterocycles. The Labute approximate surface area is 162 Å². The van der Waals surface area contributed by atoms with Crippen LogP contribution in [-0.2, 0) is 24.2 Å². The maximum Gasteiger partial charge on any atom is 0.227 e. The van der Waals surface area contributed by atoms with Crippen molar-refractivity contribution in [1.82, 2.24) is 10.3 Å². The van der Waals surface area contributed by atoms with E-state index in [1.54, 1.807) is 6.07 Å². The van der Waals surface area contributed by atoms with E-state index in [1.165, 1.54) is 12.1 Å². The lowest BCUT2D eigenvalue weighted by molar-refractivity contribution is -0.120. The topological polar surface area (TPSA) is 55.1 Å². The summed E-state index contributed by atoms with van der Waals surface area (Å²) in [6, 6.07) is 14.0. The molecule has 6 heteroatoms. The van der Waals surface area contributed by atoms with Crippen molar-refractivity contribution in [3.05, 3.63) is 76.4 Å². The molecule has 0 aliphatic carbocycles. The maximum absolute atomic E-state index is 13.2. The van der Waals surface area contributed by atoms with Crippen LogP contribution in [-0.4, -0.2) is 10.9 Å². The second-order valence-corrected chi connectivity index (χ2v) is 6.61. The van der Waals surface area contributed by atoms with Crippen LogP contribution in [0.3, 0.4) is 0 Å². The summed E-state index contributed by atoms with van der Waals surface area (Å²) in [6.07, 6.45) is 1.75. The normalized spacial score (nSPS) is 10.8. The number of halogens is 2. The number of rotatable bonds is 7. The average Bonchev–Trinajstić information content (AvgIpc) is 3.06. The third-order valence-electron chi connectivity index (χ3n) is 4.08. The van der Waals surface area contributed by atoms with Crippen LogP contribution >= 0.6 is 11.6 Å². The van der Waals surface area contributed by atoms with Gasteiger partial charge in [0.15, 0.2) is 0 Å². The number of aromatic nitrogens is 1. The van der Waals surface area contributed by atoms with Gasteiger partial charge < -0.3 is 9.73 Å². The van der Waals surface area contributed by atoms with Crippen LogP contribution in [0.2, 0.25) is 5.02 Å². The summed E-state index contributed by atoms with van der Waals surface area (Å²) in [7, 11) is 0. The first-order valence-electron chi connectivity index (χ1n) is 8.81. The number of hydrogen-bond acceptors (Lipinski definition) is 3. The molecule has 0 saturated heterocycles. The lowest BCUT2D eigenvalue weighted by Gasteiger charge is -2.06. The molecular formula is C21H20ClFN2O2. The highest BCUT2D eigenvalue weighted by Crippen LogP contribution is 2.23. The summed E-state index contributed by atoms with van der Waals surface area (Å²) in [5.41, 5.74) is 2.41. The molecule has 1 aromatic heterocycles.